The van der Waals surface area contributed by atoms with E-state index in [1.54, 1.807) is 0 Å². The molecule has 474 valence electrons. The lowest BCUT2D eigenvalue weighted by Gasteiger charge is -2.40. The molecule has 83 heavy (non-hydrogen) atoms. The highest BCUT2D eigenvalue weighted by molar-refractivity contribution is 5.74. The van der Waals surface area contributed by atoms with Crippen molar-refractivity contribution < 1.29 is 58.2 Å². The number of carbonyl (C=O) groups is 4. The summed E-state index contributed by atoms with van der Waals surface area (Å²) in [7, 11) is 0. The molecule has 0 spiro atoms. The van der Waals surface area contributed by atoms with Gasteiger partial charge in [0.2, 0.25) is 0 Å². The van der Waals surface area contributed by atoms with Crippen LogP contribution in [0.5, 0.6) is 0 Å². The minimum Gasteiger partial charge on any atom is -0.479 e. The van der Waals surface area contributed by atoms with E-state index in [4.69, 9.17) is 23.7 Å². The van der Waals surface area contributed by atoms with Crippen LogP contribution in [0.3, 0.4) is 0 Å². The van der Waals surface area contributed by atoms with E-state index in [1.807, 2.05) is 0 Å². The number of esters is 3. The molecule has 0 amide bonds. The molecule has 1 aliphatic rings. The number of aliphatic hydroxyl groups excluding tert-OH is 2. The maximum absolute atomic E-state index is 13.2. The summed E-state index contributed by atoms with van der Waals surface area (Å²) in [6.45, 7) is 5.83. The number of hydrogen-bond acceptors (Lipinski definition) is 11. The van der Waals surface area contributed by atoms with Crippen LogP contribution in [0.15, 0.2) is 97.2 Å². The molecule has 0 aliphatic carbocycles. The molecule has 1 heterocycles. The number of hydrogen-bond donors (Lipinski definition) is 3. The Balaban J connectivity index is 2.68. The summed E-state index contributed by atoms with van der Waals surface area (Å²) in [4.78, 5) is 51.4. The second-order valence-corrected chi connectivity index (χ2v) is 22.4. The number of unbranched alkanes of at least 4 members (excludes halogenated alkanes) is 26. The molecule has 0 bridgehead atoms. The SMILES string of the molecule is CC/C=C\C/C=C\C/C=C\C/C=C\C/C=C\CCCCCC(=O)OCC(COC1OC(C(=O)O)C(O)C(O)C1OC(=O)CCCCCCCCCCC/C=C\CCCCCCCC)OC(=O)CCCCCCC/C=C\C/C=C\CCCCC. The number of aliphatic hydroxyl groups is 2. The summed E-state index contributed by atoms with van der Waals surface area (Å²) in [5.74, 6) is -3.18. The highest BCUT2D eigenvalue weighted by Gasteiger charge is 2.50. The van der Waals surface area contributed by atoms with E-state index in [1.165, 1.54) is 89.9 Å². The minimum absolute atomic E-state index is 0.0501. The zero-order chi connectivity index (χ0) is 60.3. The fourth-order valence-corrected chi connectivity index (χ4v) is 9.54. The zero-order valence-electron chi connectivity index (χ0n) is 52.4. The van der Waals surface area contributed by atoms with Crippen molar-refractivity contribution in [3.63, 3.8) is 0 Å². The normalized spacial score (nSPS) is 18.2. The molecule has 1 fully saturated rings. The van der Waals surface area contributed by atoms with Gasteiger partial charge >= 0.3 is 23.9 Å². The van der Waals surface area contributed by atoms with Gasteiger partial charge in [0, 0.05) is 19.3 Å². The highest BCUT2D eigenvalue weighted by Crippen LogP contribution is 2.27. The van der Waals surface area contributed by atoms with Crippen LogP contribution in [0.1, 0.15) is 278 Å². The van der Waals surface area contributed by atoms with Crippen LogP contribution in [0, 0.1) is 0 Å². The summed E-state index contributed by atoms with van der Waals surface area (Å²) in [6.07, 6.45) is 65.0. The third-order valence-corrected chi connectivity index (χ3v) is 14.6. The Labute approximate surface area is 504 Å². The Morgan fingerprint density at radius 2 is 0.759 bits per heavy atom. The zero-order valence-corrected chi connectivity index (χ0v) is 52.4. The number of carbonyl (C=O) groups excluding carboxylic acids is 3. The first kappa shape index (κ1) is 76.7. The second kappa shape index (κ2) is 58.0. The number of rotatable bonds is 56. The van der Waals surface area contributed by atoms with E-state index in [0.29, 0.717) is 19.3 Å². The summed E-state index contributed by atoms with van der Waals surface area (Å²) in [6, 6.07) is 0. The van der Waals surface area contributed by atoms with Crippen molar-refractivity contribution in [3.8, 4) is 0 Å². The van der Waals surface area contributed by atoms with Gasteiger partial charge in [-0.05, 0) is 122 Å². The summed E-state index contributed by atoms with van der Waals surface area (Å²) < 4.78 is 28.5. The van der Waals surface area contributed by atoms with Crippen molar-refractivity contribution in [1.82, 2.24) is 0 Å². The standard InChI is InChI=1S/C71H118O12/c1-4-7-10-13-16-19-22-25-28-30-32-34-37-39-42-45-48-51-54-57-63(72)79-60-62(81-64(73)58-55-52-49-46-43-40-36-27-24-21-18-15-12-9-6-3)61-80-71-69(67(76)66(75)68(83-71)70(77)78)82-65(74)59-56-53-50-47-44-41-38-35-33-31-29-26-23-20-17-14-11-8-5-2/h7,10,16,18-19,21,25-29,32,34,36,39,42,62,66-69,71,75-76H,4-6,8-9,11-15,17,20,22-24,30-31,33,35,37-38,40-41,43-61H2,1-3H3,(H,77,78)/b10-7-,19-16-,21-18-,28-25-,29-26-,34-32-,36-27-,42-39-. The lowest BCUT2D eigenvalue weighted by Crippen LogP contribution is -2.61. The van der Waals surface area contributed by atoms with Crippen LogP contribution < -0.4 is 0 Å². The molecule has 1 aliphatic heterocycles. The topological polar surface area (TPSA) is 175 Å². The fraction of sp³-hybridized carbons (Fsp3) is 0.718. The lowest BCUT2D eigenvalue weighted by atomic mass is 9.98. The Hall–Kier alpha value is -4.36. The Kier molecular flexibility index (Phi) is 53.6. The molecule has 6 atom stereocenters. The molecule has 1 saturated heterocycles. The third kappa shape index (κ3) is 47.6. The molecule has 0 aromatic rings. The maximum Gasteiger partial charge on any atom is 0.335 e. The predicted octanol–water partition coefficient (Wildman–Crippen LogP) is 18.0. The summed E-state index contributed by atoms with van der Waals surface area (Å²) >= 11 is 0. The van der Waals surface area contributed by atoms with Gasteiger partial charge in [-0.3, -0.25) is 14.4 Å². The molecular weight excluding hydrogens is 1040 g/mol. The smallest absolute Gasteiger partial charge is 0.335 e. The van der Waals surface area contributed by atoms with E-state index in [-0.39, 0.29) is 25.9 Å². The number of carboxylic acid groups (broad SMARTS) is 1. The molecule has 6 unspecified atom stereocenters. The van der Waals surface area contributed by atoms with Crippen LogP contribution in [-0.2, 0) is 42.9 Å². The number of ether oxygens (including phenoxy) is 5. The molecule has 0 aromatic carbocycles. The van der Waals surface area contributed by atoms with Crippen molar-refractivity contribution in [1.29, 1.82) is 0 Å². The van der Waals surface area contributed by atoms with Crippen LogP contribution >= 0.6 is 0 Å². The third-order valence-electron chi connectivity index (χ3n) is 14.6. The van der Waals surface area contributed by atoms with Crippen LogP contribution in [0.2, 0.25) is 0 Å². The van der Waals surface area contributed by atoms with Crippen molar-refractivity contribution in [2.24, 2.45) is 0 Å². The van der Waals surface area contributed by atoms with Gasteiger partial charge in [0.1, 0.15) is 18.8 Å². The molecule has 0 aromatic heterocycles. The fourth-order valence-electron chi connectivity index (χ4n) is 9.54. The van der Waals surface area contributed by atoms with Crippen molar-refractivity contribution in [2.75, 3.05) is 13.2 Å². The van der Waals surface area contributed by atoms with Gasteiger partial charge in [-0.15, -0.1) is 0 Å². The monoisotopic (exact) mass is 1160 g/mol. The summed E-state index contributed by atoms with van der Waals surface area (Å²) in [5.41, 5.74) is 0. The molecule has 0 radical (unpaired) electrons. The van der Waals surface area contributed by atoms with Crippen molar-refractivity contribution in [3.05, 3.63) is 97.2 Å². The van der Waals surface area contributed by atoms with E-state index in [9.17, 15) is 34.5 Å². The first-order valence-electron chi connectivity index (χ1n) is 33.2. The molecular formula is C71H118O12. The van der Waals surface area contributed by atoms with Gasteiger partial charge in [0.05, 0.1) is 6.61 Å². The van der Waals surface area contributed by atoms with Gasteiger partial charge in [-0.2, -0.15) is 0 Å². The average molecular weight is 1160 g/mol. The van der Waals surface area contributed by atoms with Crippen molar-refractivity contribution >= 4 is 23.9 Å². The lowest BCUT2D eigenvalue weighted by molar-refractivity contribution is -0.301. The van der Waals surface area contributed by atoms with E-state index in [0.717, 1.165) is 128 Å². The van der Waals surface area contributed by atoms with Gasteiger partial charge in [0.25, 0.3) is 0 Å². The number of aliphatic carboxylic acids is 1. The highest BCUT2D eigenvalue weighted by atomic mass is 16.7. The van der Waals surface area contributed by atoms with Crippen molar-refractivity contribution in [2.45, 2.75) is 314 Å². The molecule has 0 saturated carbocycles. The molecule has 3 N–H and O–H groups in total. The predicted molar refractivity (Wildman–Crippen MR) is 340 cm³/mol. The Bertz CT molecular complexity index is 1810. The van der Waals surface area contributed by atoms with Gasteiger partial charge < -0.3 is 39.0 Å². The minimum atomic E-state index is -1.91. The second-order valence-electron chi connectivity index (χ2n) is 22.4. The molecule has 1 rings (SSSR count). The Morgan fingerprint density at radius 3 is 1.20 bits per heavy atom. The first-order chi connectivity index (χ1) is 40.6. The first-order valence-corrected chi connectivity index (χ1v) is 33.2. The summed E-state index contributed by atoms with van der Waals surface area (Å²) in [5, 5.41) is 31.6. The van der Waals surface area contributed by atoms with Gasteiger partial charge in [0.15, 0.2) is 24.6 Å². The maximum atomic E-state index is 13.2. The number of allylic oxidation sites excluding steroid dienone is 16. The van der Waals surface area contributed by atoms with Gasteiger partial charge in [-0.25, -0.2) is 4.79 Å². The van der Waals surface area contributed by atoms with E-state index in [2.05, 4.69) is 118 Å². The molecule has 12 nitrogen and oxygen atoms in total. The van der Waals surface area contributed by atoms with Crippen LogP contribution in [-0.4, -0.2) is 89.2 Å². The van der Waals surface area contributed by atoms with E-state index >= 15 is 0 Å². The Morgan fingerprint density at radius 1 is 0.410 bits per heavy atom. The quantitative estimate of drug-likeness (QED) is 0.0228. The van der Waals surface area contributed by atoms with Crippen LogP contribution in [0.25, 0.3) is 0 Å². The largest absolute Gasteiger partial charge is 0.479 e. The van der Waals surface area contributed by atoms with E-state index < -0.39 is 67.3 Å². The average Bonchev–Trinajstić information content (AvgIpc) is 3.57. The van der Waals surface area contributed by atoms with Crippen LogP contribution in [0.4, 0.5) is 0 Å². The van der Waals surface area contributed by atoms with Gasteiger partial charge in [-0.1, -0.05) is 234 Å². The molecule has 12 heteroatoms. The number of carboxylic acids is 1.